The average Bonchev–Trinajstić information content (AvgIpc) is 2.83. The lowest BCUT2D eigenvalue weighted by Crippen LogP contribution is -2.27. The molecule has 9 heteroatoms. The number of nitro groups is 1. The maximum absolute atomic E-state index is 12.6. The Balaban J connectivity index is 2.33. The second-order valence-electron chi connectivity index (χ2n) is 5.44. The minimum Gasteiger partial charge on any atom is -0.323 e. The van der Waals surface area contributed by atoms with Gasteiger partial charge in [-0.2, -0.15) is 10.4 Å². The van der Waals surface area contributed by atoms with Crippen molar-refractivity contribution in [3.8, 4) is 6.07 Å². The number of nitro benzene ring substituents is 1. The van der Waals surface area contributed by atoms with E-state index in [2.05, 4.69) is 10.4 Å². The molecule has 0 aliphatic carbocycles. The van der Waals surface area contributed by atoms with Gasteiger partial charge in [-0.3, -0.25) is 19.6 Å². The van der Waals surface area contributed by atoms with Gasteiger partial charge >= 0.3 is 0 Å². The summed E-state index contributed by atoms with van der Waals surface area (Å²) in [5.41, 5.74) is 1.31. The minimum atomic E-state index is -0.618. The van der Waals surface area contributed by atoms with Crippen molar-refractivity contribution in [3.05, 3.63) is 50.3 Å². The standard InChI is InChI=1S/C16H16ClN5O3/c1-4-14(21-10(3)15(17)9(2)20-21)16(23)19-13-6-5-12(22(24)25)7-11(13)8-18/h5-7,14H,4H2,1-3H3,(H,19,23). The van der Waals surface area contributed by atoms with Crippen molar-refractivity contribution in [2.24, 2.45) is 0 Å². The topological polar surface area (TPSA) is 114 Å². The molecule has 130 valence electrons. The van der Waals surface area contributed by atoms with Gasteiger partial charge in [-0.25, -0.2) is 0 Å². The Kier molecular flexibility index (Phi) is 5.39. The molecule has 0 aliphatic rings. The SMILES string of the molecule is CCC(C(=O)Nc1ccc([N+](=O)[O-])cc1C#N)n1nc(C)c(Cl)c1C. The van der Waals surface area contributed by atoms with Gasteiger partial charge in [-0.05, 0) is 26.3 Å². The molecule has 1 aromatic carbocycles. The maximum atomic E-state index is 12.6. The Morgan fingerprint density at radius 2 is 2.20 bits per heavy atom. The molecule has 2 aromatic rings. The van der Waals surface area contributed by atoms with Crippen molar-refractivity contribution in [1.29, 1.82) is 5.26 Å². The van der Waals surface area contributed by atoms with E-state index < -0.39 is 11.0 Å². The van der Waals surface area contributed by atoms with E-state index in [1.165, 1.54) is 12.1 Å². The second kappa shape index (κ2) is 7.32. The summed E-state index contributed by atoms with van der Waals surface area (Å²) in [5, 5.41) is 27.4. The molecule has 25 heavy (non-hydrogen) atoms. The van der Waals surface area contributed by atoms with Crippen LogP contribution in [-0.4, -0.2) is 20.6 Å². The summed E-state index contributed by atoms with van der Waals surface area (Å²) in [4.78, 5) is 22.8. The summed E-state index contributed by atoms with van der Waals surface area (Å²) in [5.74, 6) is -0.380. The number of aryl methyl sites for hydroxylation is 1. The van der Waals surface area contributed by atoms with Crippen LogP contribution in [0.15, 0.2) is 18.2 Å². The smallest absolute Gasteiger partial charge is 0.270 e. The van der Waals surface area contributed by atoms with Crippen LogP contribution in [0.5, 0.6) is 0 Å². The highest BCUT2D eigenvalue weighted by atomic mass is 35.5. The van der Waals surface area contributed by atoms with E-state index in [0.29, 0.717) is 22.8 Å². The third-order valence-corrected chi connectivity index (χ3v) is 4.36. The van der Waals surface area contributed by atoms with Crippen LogP contribution < -0.4 is 5.32 Å². The summed E-state index contributed by atoms with van der Waals surface area (Å²) >= 11 is 6.14. The van der Waals surface area contributed by atoms with Crippen LogP contribution in [0.25, 0.3) is 0 Å². The number of nitrogens with one attached hydrogen (secondary N) is 1. The molecule has 8 nitrogen and oxygen atoms in total. The van der Waals surface area contributed by atoms with Crippen molar-refractivity contribution in [2.75, 3.05) is 5.32 Å². The van der Waals surface area contributed by atoms with Crippen LogP contribution in [0.2, 0.25) is 5.02 Å². The van der Waals surface area contributed by atoms with Crippen molar-refractivity contribution in [3.63, 3.8) is 0 Å². The number of carbonyl (C=O) groups is 1. The van der Waals surface area contributed by atoms with Gasteiger partial charge in [0.25, 0.3) is 5.69 Å². The Bertz CT molecular complexity index is 885. The van der Waals surface area contributed by atoms with Crippen LogP contribution in [0.3, 0.4) is 0 Å². The van der Waals surface area contributed by atoms with Gasteiger partial charge in [0.1, 0.15) is 12.1 Å². The Morgan fingerprint density at radius 3 is 2.68 bits per heavy atom. The Labute approximate surface area is 149 Å². The number of halogens is 1. The molecule has 1 N–H and O–H groups in total. The van der Waals surface area contributed by atoms with Gasteiger partial charge in [0.05, 0.1) is 32.6 Å². The average molecular weight is 362 g/mol. The van der Waals surface area contributed by atoms with Gasteiger partial charge in [-0.1, -0.05) is 18.5 Å². The zero-order valence-corrected chi connectivity index (χ0v) is 14.7. The summed E-state index contributed by atoms with van der Waals surface area (Å²) in [7, 11) is 0. The van der Waals surface area contributed by atoms with E-state index in [0.717, 1.165) is 6.07 Å². The van der Waals surface area contributed by atoms with Crippen molar-refractivity contribution in [2.45, 2.75) is 33.2 Å². The molecule has 2 rings (SSSR count). The zero-order chi connectivity index (χ0) is 18.7. The molecular formula is C16H16ClN5O3. The molecule has 1 unspecified atom stereocenters. The van der Waals surface area contributed by atoms with E-state index in [-0.39, 0.29) is 22.8 Å². The number of non-ortho nitro benzene ring substituents is 1. The van der Waals surface area contributed by atoms with Crippen LogP contribution >= 0.6 is 11.6 Å². The molecule has 0 saturated heterocycles. The molecule has 1 heterocycles. The van der Waals surface area contributed by atoms with Crippen LogP contribution in [-0.2, 0) is 4.79 Å². The summed E-state index contributed by atoms with van der Waals surface area (Å²) in [6.07, 6.45) is 0.457. The number of carbonyl (C=O) groups excluding carboxylic acids is 1. The number of hydrogen-bond acceptors (Lipinski definition) is 5. The summed E-state index contributed by atoms with van der Waals surface area (Å²) in [6.45, 7) is 5.35. The van der Waals surface area contributed by atoms with E-state index in [1.807, 2.05) is 13.0 Å². The number of aromatic nitrogens is 2. The molecule has 0 aliphatic heterocycles. The number of nitriles is 1. The highest BCUT2D eigenvalue weighted by Crippen LogP contribution is 2.26. The molecule has 1 aromatic heterocycles. The predicted molar refractivity (Wildman–Crippen MR) is 92.5 cm³/mol. The molecule has 0 radical (unpaired) electrons. The van der Waals surface area contributed by atoms with Crippen LogP contribution in [0.1, 0.15) is 36.3 Å². The first-order valence-corrected chi connectivity index (χ1v) is 7.88. The third kappa shape index (κ3) is 3.61. The quantitative estimate of drug-likeness (QED) is 0.646. The van der Waals surface area contributed by atoms with Crippen LogP contribution in [0.4, 0.5) is 11.4 Å². The number of benzene rings is 1. The number of hydrogen-bond donors (Lipinski definition) is 1. The lowest BCUT2D eigenvalue weighted by atomic mass is 10.1. The Morgan fingerprint density at radius 1 is 1.52 bits per heavy atom. The number of amides is 1. The maximum Gasteiger partial charge on any atom is 0.270 e. The number of nitrogens with zero attached hydrogens (tertiary/aromatic N) is 4. The summed E-state index contributed by atoms with van der Waals surface area (Å²) in [6, 6.07) is 4.94. The van der Waals surface area contributed by atoms with Gasteiger partial charge in [0.15, 0.2) is 0 Å². The van der Waals surface area contributed by atoms with Crippen molar-refractivity contribution in [1.82, 2.24) is 9.78 Å². The second-order valence-corrected chi connectivity index (χ2v) is 5.82. The fraction of sp³-hybridized carbons (Fsp3) is 0.312. The molecule has 0 bridgehead atoms. The first-order chi connectivity index (χ1) is 11.8. The van der Waals surface area contributed by atoms with E-state index in [9.17, 15) is 20.2 Å². The van der Waals surface area contributed by atoms with Gasteiger partial charge in [0.2, 0.25) is 5.91 Å². The van der Waals surface area contributed by atoms with Gasteiger partial charge < -0.3 is 5.32 Å². The molecular weight excluding hydrogens is 346 g/mol. The molecule has 0 saturated carbocycles. The van der Waals surface area contributed by atoms with Gasteiger partial charge in [-0.15, -0.1) is 0 Å². The van der Waals surface area contributed by atoms with E-state index >= 15 is 0 Å². The molecule has 1 amide bonds. The number of anilines is 1. The van der Waals surface area contributed by atoms with Crippen molar-refractivity contribution >= 4 is 28.9 Å². The Hall–Kier alpha value is -2.92. The van der Waals surface area contributed by atoms with E-state index in [1.54, 1.807) is 18.5 Å². The zero-order valence-electron chi connectivity index (χ0n) is 13.9. The normalized spacial score (nSPS) is 11.6. The highest BCUT2D eigenvalue weighted by molar-refractivity contribution is 6.31. The fourth-order valence-corrected chi connectivity index (χ4v) is 2.60. The van der Waals surface area contributed by atoms with Crippen molar-refractivity contribution < 1.29 is 9.72 Å². The monoisotopic (exact) mass is 361 g/mol. The summed E-state index contributed by atoms with van der Waals surface area (Å²) < 4.78 is 1.55. The predicted octanol–water partition coefficient (Wildman–Crippen LogP) is 3.52. The molecule has 1 atom stereocenters. The minimum absolute atomic E-state index is 0.0174. The lowest BCUT2D eigenvalue weighted by Gasteiger charge is -2.17. The first kappa shape index (κ1) is 18.4. The lowest BCUT2D eigenvalue weighted by molar-refractivity contribution is -0.384. The molecule has 0 fully saturated rings. The van der Waals surface area contributed by atoms with Crippen LogP contribution in [0, 0.1) is 35.3 Å². The third-order valence-electron chi connectivity index (χ3n) is 3.81. The number of rotatable bonds is 5. The largest absolute Gasteiger partial charge is 0.323 e. The fourth-order valence-electron chi connectivity index (χ4n) is 2.48. The van der Waals surface area contributed by atoms with Gasteiger partial charge in [0, 0.05) is 12.1 Å². The first-order valence-electron chi connectivity index (χ1n) is 7.50. The molecule has 0 spiro atoms. The highest BCUT2D eigenvalue weighted by Gasteiger charge is 2.24. The van der Waals surface area contributed by atoms with E-state index in [4.69, 9.17) is 11.6 Å².